The molecule has 1 fully saturated rings. The molecule has 1 atom stereocenters. The molecule has 0 bridgehead atoms. The maximum absolute atomic E-state index is 12.8. The van der Waals surface area contributed by atoms with E-state index in [1.54, 1.807) is 13.8 Å². The molecule has 0 N–H and O–H groups in total. The molecule has 1 saturated carbocycles. The number of hydrogen-bond acceptors (Lipinski definition) is 5. The molecule has 0 saturated heterocycles. The first-order chi connectivity index (χ1) is 12.4. The lowest BCUT2D eigenvalue weighted by Crippen LogP contribution is -2.49. The van der Waals surface area contributed by atoms with Crippen molar-refractivity contribution in [2.45, 2.75) is 71.0 Å². The molecule has 2 rings (SSSR count). The Bertz CT molecular complexity index is 599. The summed E-state index contributed by atoms with van der Waals surface area (Å²) in [7, 11) is 0. The van der Waals surface area contributed by atoms with Crippen molar-refractivity contribution in [2.24, 2.45) is 0 Å². The topological polar surface area (TPSA) is 61.8 Å². The van der Waals surface area contributed by atoms with Crippen LogP contribution >= 0.6 is 0 Å². The number of aryl methyl sites for hydroxylation is 1. The van der Waals surface area contributed by atoms with Crippen LogP contribution in [0.3, 0.4) is 0 Å². The number of carbonyl (C=O) groups excluding carboxylic acids is 2. The second kappa shape index (κ2) is 9.17. The number of ether oxygens (including phenoxy) is 3. The minimum atomic E-state index is -1.19. The smallest absolute Gasteiger partial charge is 0.350 e. The summed E-state index contributed by atoms with van der Waals surface area (Å²) in [6.45, 7) is 8.42. The van der Waals surface area contributed by atoms with Gasteiger partial charge in [0.25, 0.3) is 0 Å². The van der Waals surface area contributed by atoms with Crippen molar-refractivity contribution < 1.29 is 23.8 Å². The van der Waals surface area contributed by atoms with Gasteiger partial charge in [-0.05, 0) is 46.1 Å². The van der Waals surface area contributed by atoms with Crippen LogP contribution in [0.1, 0.15) is 63.5 Å². The first-order valence-corrected chi connectivity index (χ1v) is 9.50. The van der Waals surface area contributed by atoms with Crippen LogP contribution in [0.4, 0.5) is 0 Å². The summed E-state index contributed by atoms with van der Waals surface area (Å²) < 4.78 is 16.7. The van der Waals surface area contributed by atoms with Gasteiger partial charge in [0.1, 0.15) is 0 Å². The van der Waals surface area contributed by atoms with E-state index in [0.29, 0.717) is 32.3 Å². The van der Waals surface area contributed by atoms with Gasteiger partial charge in [0.05, 0.1) is 18.6 Å². The Hall–Kier alpha value is -1.88. The van der Waals surface area contributed by atoms with Crippen LogP contribution in [0.15, 0.2) is 24.3 Å². The summed E-state index contributed by atoms with van der Waals surface area (Å²) in [6.07, 6.45) is 2.33. The Morgan fingerprint density at radius 1 is 1.12 bits per heavy atom. The minimum Gasteiger partial charge on any atom is -0.463 e. The number of hydrogen-bond donors (Lipinski definition) is 0. The van der Waals surface area contributed by atoms with E-state index in [9.17, 15) is 9.59 Å². The third kappa shape index (κ3) is 4.85. The summed E-state index contributed by atoms with van der Waals surface area (Å²) in [5, 5.41) is 0. The van der Waals surface area contributed by atoms with Crippen molar-refractivity contribution in [3.8, 4) is 0 Å². The molecule has 144 valence electrons. The molecule has 0 aromatic heterocycles. The van der Waals surface area contributed by atoms with Gasteiger partial charge in [-0.25, -0.2) is 4.79 Å². The van der Waals surface area contributed by atoms with Crippen LogP contribution in [0.2, 0.25) is 0 Å². The Morgan fingerprint density at radius 3 is 2.27 bits per heavy atom. The van der Waals surface area contributed by atoms with Gasteiger partial charge >= 0.3 is 11.9 Å². The quantitative estimate of drug-likeness (QED) is 0.688. The maximum Gasteiger partial charge on any atom is 0.350 e. The minimum absolute atomic E-state index is 0.107. The summed E-state index contributed by atoms with van der Waals surface area (Å²) >= 11 is 0. The predicted octanol–water partition coefficient (Wildman–Crippen LogP) is 3.92. The fraction of sp³-hybridized carbons (Fsp3) is 0.619. The molecule has 5 nitrogen and oxygen atoms in total. The molecule has 0 spiro atoms. The fourth-order valence-corrected chi connectivity index (χ4v) is 3.34. The van der Waals surface area contributed by atoms with Crippen molar-refractivity contribution in [3.63, 3.8) is 0 Å². The van der Waals surface area contributed by atoms with Crippen LogP contribution < -0.4 is 0 Å². The predicted molar refractivity (Wildman–Crippen MR) is 98.9 cm³/mol. The zero-order valence-electron chi connectivity index (χ0n) is 16.2. The molecular formula is C21H30O5. The average molecular weight is 362 g/mol. The van der Waals surface area contributed by atoms with Crippen molar-refractivity contribution >= 4 is 11.9 Å². The van der Waals surface area contributed by atoms with Crippen molar-refractivity contribution in [1.29, 1.82) is 0 Å². The highest BCUT2D eigenvalue weighted by molar-refractivity contribution is 5.86. The molecule has 0 radical (unpaired) electrons. The first kappa shape index (κ1) is 20.4. The highest BCUT2D eigenvalue weighted by Gasteiger charge is 2.47. The van der Waals surface area contributed by atoms with Crippen LogP contribution in [0.25, 0.3) is 0 Å². The van der Waals surface area contributed by atoms with E-state index in [2.05, 4.69) is 0 Å². The Morgan fingerprint density at radius 2 is 1.73 bits per heavy atom. The fourth-order valence-electron chi connectivity index (χ4n) is 3.34. The normalized spacial score (nSPS) is 23.9. The van der Waals surface area contributed by atoms with Gasteiger partial charge in [0.2, 0.25) is 5.60 Å². The zero-order valence-corrected chi connectivity index (χ0v) is 16.2. The Kier molecular flexibility index (Phi) is 7.21. The molecule has 1 aromatic carbocycles. The summed E-state index contributed by atoms with van der Waals surface area (Å²) in [6, 6.07) is 7.77. The molecular weight excluding hydrogens is 332 g/mol. The SMILES string of the molecule is CCOC(=O)C1(OC(=O)C(C)c2ccc(C)cc2)CCC(OCC)CC1. The van der Waals surface area contributed by atoms with Gasteiger partial charge in [0.15, 0.2) is 0 Å². The zero-order chi connectivity index (χ0) is 19.2. The van der Waals surface area contributed by atoms with E-state index in [0.717, 1.165) is 11.1 Å². The first-order valence-electron chi connectivity index (χ1n) is 9.50. The van der Waals surface area contributed by atoms with Gasteiger partial charge in [-0.3, -0.25) is 4.79 Å². The van der Waals surface area contributed by atoms with E-state index >= 15 is 0 Å². The van der Waals surface area contributed by atoms with Crippen LogP contribution in [0.5, 0.6) is 0 Å². The van der Waals surface area contributed by atoms with E-state index in [1.165, 1.54) is 0 Å². The lowest BCUT2D eigenvalue weighted by atomic mass is 9.82. The van der Waals surface area contributed by atoms with E-state index in [-0.39, 0.29) is 12.7 Å². The standard InChI is InChI=1S/C21H30O5/c1-5-24-18-11-13-21(14-12-18,20(23)25-6-2)26-19(22)16(4)17-9-7-15(3)8-10-17/h7-10,16,18H,5-6,11-14H2,1-4H3. The van der Waals surface area contributed by atoms with E-state index in [4.69, 9.17) is 14.2 Å². The third-order valence-electron chi connectivity index (χ3n) is 5.02. The van der Waals surface area contributed by atoms with Crippen LogP contribution in [-0.2, 0) is 23.8 Å². The number of esters is 2. The highest BCUT2D eigenvalue weighted by Crippen LogP contribution is 2.36. The Balaban J connectivity index is 2.12. The van der Waals surface area contributed by atoms with Crippen molar-refractivity contribution in [3.05, 3.63) is 35.4 Å². The molecule has 26 heavy (non-hydrogen) atoms. The van der Waals surface area contributed by atoms with Gasteiger partial charge in [-0.2, -0.15) is 0 Å². The van der Waals surface area contributed by atoms with E-state index in [1.807, 2.05) is 38.1 Å². The van der Waals surface area contributed by atoms with Crippen LogP contribution in [0, 0.1) is 6.92 Å². The van der Waals surface area contributed by atoms with Crippen LogP contribution in [-0.4, -0.2) is 36.9 Å². The van der Waals surface area contributed by atoms with Gasteiger partial charge in [-0.1, -0.05) is 29.8 Å². The van der Waals surface area contributed by atoms with Crippen molar-refractivity contribution in [2.75, 3.05) is 13.2 Å². The second-order valence-electron chi connectivity index (χ2n) is 6.92. The third-order valence-corrected chi connectivity index (χ3v) is 5.02. The number of rotatable bonds is 7. The summed E-state index contributed by atoms with van der Waals surface area (Å²) in [4.78, 5) is 25.3. The maximum atomic E-state index is 12.8. The van der Waals surface area contributed by atoms with Gasteiger partial charge in [0, 0.05) is 19.4 Å². The molecule has 5 heteroatoms. The monoisotopic (exact) mass is 362 g/mol. The largest absolute Gasteiger partial charge is 0.463 e. The molecule has 1 unspecified atom stereocenters. The molecule has 1 aliphatic rings. The highest BCUT2D eigenvalue weighted by atomic mass is 16.6. The average Bonchev–Trinajstić information content (AvgIpc) is 2.64. The molecule has 0 amide bonds. The van der Waals surface area contributed by atoms with Gasteiger partial charge < -0.3 is 14.2 Å². The van der Waals surface area contributed by atoms with Crippen molar-refractivity contribution in [1.82, 2.24) is 0 Å². The lowest BCUT2D eigenvalue weighted by Gasteiger charge is -2.37. The summed E-state index contributed by atoms with van der Waals surface area (Å²) in [5.41, 5.74) is 0.814. The molecule has 1 aliphatic carbocycles. The summed E-state index contributed by atoms with van der Waals surface area (Å²) in [5.74, 6) is -1.28. The Labute approximate surface area is 156 Å². The van der Waals surface area contributed by atoms with Gasteiger partial charge in [-0.15, -0.1) is 0 Å². The second-order valence-corrected chi connectivity index (χ2v) is 6.92. The van der Waals surface area contributed by atoms with E-state index < -0.39 is 23.5 Å². The molecule has 0 heterocycles. The lowest BCUT2D eigenvalue weighted by molar-refractivity contribution is -0.190. The number of carbonyl (C=O) groups is 2. The number of benzene rings is 1. The molecule has 0 aliphatic heterocycles. The molecule has 1 aromatic rings.